The highest BCUT2D eigenvalue weighted by Crippen LogP contribution is 2.34. The first-order valence-corrected chi connectivity index (χ1v) is 7.21. The van der Waals surface area contributed by atoms with Crippen LogP contribution in [-0.2, 0) is 4.79 Å². The summed E-state index contributed by atoms with van der Waals surface area (Å²) in [6.07, 6.45) is 5.16. The Morgan fingerprint density at radius 1 is 1.45 bits per heavy atom. The highest BCUT2D eigenvalue weighted by Gasteiger charge is 2.27. The molecule has 0 bridgehead atoms. The SMILES string of the molecule is CC1(C)CCCN(c2cc(Cl)ccc2/C=C/C(=O)O)C1. The van der Waals surface area contributed by atoms with Crippen LogP contribution in [0.25, 0.3) is 6.08 Å². The normalized spacial score (nSPS) is 18.4. The van der Waals surface area contributed by atoms with Crippen LogP contribution in [0.4, 0.5) is 5.69 Å². The van der Waals surface area contributed by atoms with Crippen molar-refractivity contribution in [1.29, 1.82) is 0 Å². The molecule has 0 amide bonds. The van der Waals surface area contributed by atoms with Crippen LogP contribution in [0, 0.1) is 5.41 Å². The minimum Gasteiger partial charge on any atom is -0.478 e. The van der Waals surface area contributed by atoms with Gasteiger partial charge in [0.15, 0.2) is 0 Å². The van der Waals surface area contributed by atoms with E-state index in [0.717, 1.165) is 30.8 Å². The van der Waals surface area contributed by atoms with Gasteiger partial charge in [0.1, 0.15) is 0 Å². The zero-order valence-corrected chi connectivity index (χ0v) is 12.7. The summed E-state index contributed by atoms with van der Waals surface area (Å²) in [5.41, 5.74) is 2.19. The van der Waals surface area contributed by atoms with Gasteiger partial charge in [0.25, 0.3) is 0 Å². The number of benzene rings is 1. The molecule has 1 heterocycles. The van der Waals surface area contributed by atoms with E-state index >= 15 is 0 Å². The number of rotatable bonds is 3. The standard InChI is InChI=1S/C16H20ClNO2/c1-16(2)8-3-9-18(11-16)14-10-13(17)6-4-12(14)5-7-15(19)20/h4-7,10H,3,8-9,11H2,1-2H3,(H,19,20)/b7-5+. The van der Waals surface area contributed by atoms with Crippen molar-refractivity contribution in [3.05, 3.63) is 34.9 Å². The van der Waals surface area contributed by atoms with Gasteiger partial charge < -0.3 is 10.0 Å². The van der Waals surface area contributed by atoms with Gasteiger partial charge in [-0.15, -0.1) is 0 Å². The van der Waals surface area contributed by atoms with Gasteiger partial charge in [-0.25, -0.2) is 4.79 Å². The van der Waals surface area contributed by atoms with Gasteiger partial charge in [-0.05, 0) is 42.0 Å². The summed E-state index contributed by atoms with van der Waals surface area (Å²) in [6.45, 7) is 6.46. The van der Waals surface area contributed by atoms with Crippen molar-refractivity contribution >= 4 is 29.3 Å². The summed E-state index contributed by atoms with van der Waals surface area (Å²) in [4.78, 5) is 13.0. The van der Waals surface area contributed by atoms with Crippen molar-refractivity contribution in [2.45, 2.75) is 26.7 Å². The second kappa shape index (κ2) is 5.88. The van der Waals surface area contributed by atoms with Gasteiger partial charge in [0, 0.05) is 29.9 Å². The van der Waals surface area contributed by atoms with Crippen molar-refractivity contribution in [3.8, 4) is 0 Å². The molecule has 20 heavy (non-hydrogen) atoms. The predicted molar refractivity (Wildman–Crippen MR) is 83.3 cm³/mol. The van der Waals surface area contributed by atoms with Crippen LogP contribution in [0.1, 0.15) is 32.3 Å². The largest absolute Gasteiger partial charge is 0.478 e. The summed E-state index contributed by atoms with van der Waals surface area (Å²) in [5.74, 6) is -0.940. The summed E-state index contributed by atoms with van der Waals surface area (Å²) >= 11 is 6.10. The van der Waals surface area contributed by atoms with Crippen LogP contribution in [0.5, 0.6) is 0 Å². The highest BCUT2D eigenvalue weighted by atomic mass is 35.5. The molecule has 1 N–H and O–H groups in total. The number of hydrogen-bond donors (Lipinski definition) is 1. The number of aliphatic carboxylic acids is 1. The average Bonchev–Trinajstić information content (AvgIpc) is 2.36. The van der Waals surface area contributed by atoms with E-state index in [1.807, 2.05) is 12.1 Å². The molecule has 0 radical (unpaired) electrons. The Kier molecular flexibility index (Phi) is 4.39. The molecule has 0 atom stereocenters. The fourth-order valence-electron chi connectivity index (χ4n) is 2.72. The molecule has 4 heteroatoms. The van der Waals surface area contributed by atoms with Crippen molar-refractivity contribution in [3.63, 3.8) is 0 Å². The number of carboxylic acids is 1. The molecule has 0 aliphatic carbocycles. The van der Waals surface area contributed by atoms with E-state index in [1.165, 1.54) is 12.5 Å². The van der Waals surface area contributed by atoms with Crippen LogP contribution >= 0.6 is 11.6 Å². The number of anilines is 1. The number of piperidine rings is 1. The number of halogens is 1. The Morgan fingerprint density at radius 2 is 2.20 bits per heavy atom. The third-order valence-corrected chi connectivity index (χ3v) is 3.87. The maximum atomic E-state index is 10.7. The Bertz CT molecular complexity index is 537. The first-order chi connectivity index (χ1) is 9.37. The predicted octanol–water partition coefficient (Wildman–Crippen LogP) is 4.06. The molecule has 0 unspecified atom stereocenters. The van der Waals surface area contributed by atoms with Crippen molar-refractivity contribution in [2.75, 3.05) is 18.0 Å². The molecule has 0 spiro atoms. The molecule has 108 valence electrons. The van der Waals surface area contributed by atoms with E-state index in [4.69, 9.17) is 16.7 Å². The molecular formula is C16H20ClNO2. The summed E-state index contributed by atoms with van der Waals surface area (Å²) < 4.78 is 0. The molecule has 0 saturated carbocycles. The molecule has 0 aromatic heterocycles. The monoisotopic (exact) mass is 293 g/mol. The van der Waals surface area contributed by atoms with Crippen LogP contribution in [0.15, 0.2) is 24.3 Å². The Labute approximate surface area is 124 Å². The molecule has 1 saturated heterocycles. The fraction of sp³-hybridized carbons (Fsp3) is 0.438. The topological polar surface area (TPSA) is 40.5 Å². The van der Waals surface area contributed by atoms with E-state index in [0.29, 0.717) is 5.02 Å². The number of carboxylic acid groups (broad SMARTS) is 1. The summed E-state index contributed by atoms with van der Waals surface area (Å²) in [7, 11) is 0. The number of nitrogens with zero attached hydrogens (tertiary/aromatic N) is 1. The van der Waals surface area contributed by atoms with E-state index in [-0.39, 0.29) is 5.41 Å². The molecule has 1 aromatic carbocycles. The molecule has 1 aliphatic heterocycles. The minimum absolute atomic E-state index is 0.272. The van der Waals surface area contributed by atoms with Crippen LogP contribution in [-0.4, -0.2) is 24.2 Å². The van der Waals surface area contributed by atoms with Gasteiger partial charge in [0.05, 0.1) is 0 Å². The van der Waals surface area contributed by atoms with E-state index in [1.54, 1.807) is 12.1 Å². The number of carbonyl (C=O) groups is 1. The van der Waals surface area contributed by atoms with Gasteiger partial charge in [0.2, 0.25) is 0 Å². The zero-order chi connectivity index (χ0) is 14.8. The second-order valence-corrected chi connectivity index (χ2v) is 6.50. The lowest BCUT2D eigenvalue weighted by atomic mass is 9.84. The smallest absolute Gasteiger partial charge is 0.328 e. The Morgan fingerprint density at radius 3 is 2.85 bits per heavy atom. The molecule has 2 rings (SSSR count). The average molecular weight is 294 g/mol. The van der Waals surface area contributed by atoms with Gasteiger partial charge in [-0.2, -0.15) is 0 Å². The van der Waals surface area contributed by atoms with E-state index in [9.17, 15) is 4.79 Å². The van der Waals surface area contributed by atoms with Crippen LogP contribution in [0.3, 0.4) is 0 Å². The first kappa shape index (κ1) is 14.9. The van der Waals surface area contributed by atoms with Gasteiger partial charge in [-0.1, -0.05) is 31.5 Å². The lowest BCUT2D eigenvalue weighted by Crippen LogP contribution is -2.40. The highest BCUT2D eigenvalue weighted by molar-refractivity contribution is 6.31. The van der Waals surface area contributed by atoms with Crippen molar-refractivity contribution in [2.24, 2.45) is 5.41 Å². The van der Waals surface area contributed by atoms with Crippen LogP contribution < -0.4 is 4.90 Å². The Balaban J connectivity index is 2.33. The van der Waals surface area contributed by atoms with E-state index in [2.05, 4.69) is 18.7 Å². The first-order valence-electron chi connectivity index (χ1n) is 6.83. The third-order valence-electron chi connectivity index (χ3n) is 3.64. The molecule has 1 fully saturated rings. The molecular weight excluding hydrogens is 274 g/mol. The lowest BCUT2D eigenvalue weighted by Gasteiger charge is -2.40. The Hall–Kier alpha value is -1.48. The molecule has 3 nitrogen and oxygen atoms in total. The zero-order valence-electron chi connectivity index (χ0n) is 11.9. The minimum atomic E-state index is -0.940. The fourth-order valence-corrected chi connectivity index (χ4v) is 2.89. The quantitative estimate of drug-likeness (QED) is 0.854. The summed E-state index contributed by atoms with van der Waals surface area (Å²) in [5, 5.41) is 9.46. The van der Waals surface area contributed by atoms with Crippen LogP contribution in [0.2, 0.25) is 5.02 Å². The summed E-state index contributed by atoms with van der Waals surface area (Å²) in [6, 6.07) is 5.59. The van der Waals surface area contributed by atoms with Gasteiger partial charge in [-0.3, -0.25) is 0 Å². The third kappa shape index (κ3) is 3.76. The maximum absolute atomic E-state index is 10.7. The van der Waals surface area contributed by atoms with Crippen molar-refractivity contribution in [1.82, 2.24) is 0 Å². The lowest BCUT2D eigenvalue weighted by molar-refractivity contribution is -0.131. The second-order valence-electron chi connectivity index (χ2n) is 6.06. The number of hydrogen-bond acceptors (Lipinski definition) is 2. The van der Waals surface area contributed by atoms with E-state index < -0.39 is 5.97 Å². The van der Waals surface area contributed by atoms with Crippen molar-refractivity contribution < 1.29 is 9.90 Å². The molecule has 1 aromatic rings. The molecule has 1 aliphatic rings. The maximum Gasteiger partial charge on any atom is 0.328 e. The van der Waals surface area contributed by atoms with Gasteiger partial charge >= 0.3 is 5.97 Å².